The summed E-state index contributed by atoms with van der Waals surface area (Å²) in [5.74, 6) is -0.0251. The van der Waals surface area contributed by atoms with Crippen LogP contribution in [-0.2, 0) is 14.8 Å². The molecule has 1 saturated heterocycles. The van der Waals surface area contributed by atoms with E-state index in [0.29, 0.717) is 18.0 Å². The molecule has 7 nitrogen and oxygen atoms in total. The average molecular weight is 441 g/mol. The maximum absolute atomic E-state index is 13.3. The van der Waals surface area contributed by atoms with Crippen molar-refractivity contribution in [2.24, 2.45) is 0 Å². The standard InChI is InChI=1S/C23H28N4O3S/c1-16-13-17(2)22(18(3)14-16)31(29,30)26-11-9-25(10-12-26)23(28)19(4)27-15-24-20-7-5-6-8-21(20)27/h5-8,13-15,19H,9-12H2,1-4H3. The molecule has 2 aromatic carbocycles. The van der Waals surface area contributed by atoms with Crippen molar-refractivity contribution in [3.8, 4) is 0 Å². The van der Waals surface area contributed by atoms with Crippen LogP contribution in [0.15, 0.2) is 47.6 Å². The van der Waals surface area contributed by atoms with Crippen molar-refractivity contribution in [3.63, 3.8) is 0 Å². The summed E-state index contributed by atoms with van der Waals surface area (Å²) >= 11 is 0. The number of benzene rings is 2. The zero-order valence-electron chi connectivity index (χ0n) is 18.4. The fourth-order valence-electron chi connectivity index (χ4n) is 4.52. The number of piperazine rings is 1. The highest BCUT2D eigenvalue weighted by molar-refractivity contribution is 7.89. The molecule has 1 aromatic heterocycles. The summed E-state index contributed by atoms with van der Waals surface area (Å²) in [6, 6.07) is 11.1. The van der Waals surface area contributed by atoms with E-state index in [1.54, 1.807) is 11.2 Å². The summed E-state index contributed by atoms with van der Waals surface area (Å²) in [7, 11) is -3.60. The van der Waals surface area contributed by atoms with Gasteiger partial charge in [-0.3, -0.25) is 4.79 Å². The van der Waals surface area contributed by atoms with Gasteiger partial charge in [0.2, 0.25) is 15.9 Å². The van der Waals surface area contributed by atoms with Gasteiger partial charge in [0, 0.05) is 26.2 Å². The van der Waals surface area contributed by atoms with Gasteiger partial charge in [-0.15, -0.1) is 0 Å². The largest absolute Gasteiger partial charge is 0.338 e. The summed E-state index contributed by atoms with van der Waals surface area (Å²) in [5, 5.41) is 0. The molecule has 31 heavy (non-hydrogen) atoms. The van der Waals surface area contributed by atoms with Crippen LogP contribution in [0.1, 0.15) is 29.7 Å². The van der Waals surface area contributed by atoms with Crippen molar-refractivity contribution in [2.45, 2.75) is 38.6 Å². The van der Waals surface area contributed by atoms with Crippen LogP contribution in [0.25, 0.3) is 11.0 Å². The van der Waals surface area contributed by atoms with Crippen molar-refractivity contribution in [1.82, 2.24) is 18.8 Å². The minimum absolute atomic E-state index is 0.0251. The third-order valence-electron chi connectivity index (χ3n) is 6.01. The normalized spacial score (nSPS) is 16.6. The quantitative estimate of drug-likeness (QED) is 0.625. The molecule has 0 saturated carbocycles. The number of fused-ring (bicyclic) bond motifs is 1. The minimum Gasteiger partial charge on any atom is -0.338 e. The lowest BCUT2D eigenvalue weighted by atomic mass is 10.1. The SMILES string of the molecule is Cc1cc(C)c(S(=O)(=O)N2CCN(C(=O)C(C)n3cnc4ccccc43)CC2)c(C)c1. The van der Waals surface area contributed by atoms with Gasteiger partial charge < -0.3 is 9.47 Å². The first-order valence-corrected chi connectivity index (χ1v) is 11.9. The van der Waals surface area contributed by atoms with E-state index in [-0.39, 0.29) is 19.0 Å². The van der Waals surface area contributed by atoms with Crippen LogP contribution in [0, 0.1) is 20.8 Å². The number of aromatic nitrogens is 2. The lowest BCUT2D eigenvalue weighted by Crippen LogP contribution is -2.51. The molecular formula is C23H28N4O3S. The Morgan fingerprint density at radius 1 is 1.00 bits per heavy atom. The Kier molecular flexibility index (Phi) is 5.61. The molecule has 1 fully saturated rings. The number of nitrogens with zero attached hydrogens (tertiary/aromatic N) is 4. The number of hydrogen-bond donors (Lipinski definition) is 0. The van der Waals surface area contributed by atoms with Crippen LogP contribution in [0.2, 0.25) is 0 Å². The zero-order valence-corrected chi connectivity index (χ0v) is 19.2. The van der Waals surface area contributed by atoms with Crippen LogP contribution in [0.4, 0.5) is 0 Å². The maximum atomic E-state index is 13.3. The highest BCUT2D eigenvalue weighted by Crippen LogP contribution is 2.27. The van der Waals surface area contributed by atoms with Gasteiger partial charge in [0.1, 0.15) is 6.04 Å². The fraction of sp³-hybridized carbons (Fsp3) is 0.391. The molecule has 1 unspecified atom stereocenters. The number of imidazole rings is 1. The first-order chi connectivity index (χ1) is 14.7. The van der Waals surface area contributed by atoms with Gasteiger partial charge in [-0.05, 0) is 51.0 Å². The van der Waals surface area contributed by atoms with E-state index < -0.39 is 16.1 Å². The number of hydrogen-bond acceptors (Lipinski definition) is 4. The van der Waals surface area contributed by atoms with Crippen LogP contribution >= 0.6 is 0 Å². The predicted octanol–water partition coefficient (Wildman–Crippen LogP) is 3.06. The average Bonchev–Trinajstić information content (AvgIpc) is 3.16. The number of sulfonamides is 1. The highest BCUT2D eigenvalue weighted by Gasteiger charge is 2.33. The number of carbonyl (C=O) groups excluding carboxylic acids is 1. The van der Waals surface area contributed by atoms with Gasteiger partial charge in [0.15, 0.2) is 0 Å². The van der Waals surface area contributed by atoms with Gasteiger partial charge in [0.25, 0.3) is 0 Å². The second-order valence-electron chi connectivity index (χ2n) is 8.27. The number of aryl methyl sites for hydroxylation is 3. The summed E-state index contributed by atoms with van der Waals surface area (Å²) in [6.07, 6.45) is 1.69. The van der Waals surface area contributed by atoms with Crippen LogP contribution in [-0.4, -0.2) is 59.3 Å². The lowest BCUT2D eigenvalue weighted by Gasteiger charge is -2.36. The molecule has 0 spiro atoms. The Morgan fingerprint density at radius 2 is 1.61 bits per heavy atom. The third-order valence-corrected chi connectivity index (χ3v) is 8.21. The monoisotopic (exact) mass is 440 g/mol. The van der Waals surface area contributed by atoms with Crippen LogP contribution in [0.3, 0.4) is 0 Å². The zero-order chi connectivity index (χ0) is 22.3. The molecule has 0 aliphatic carbocycles. The molecule has 4 rings (SSSR count). The van der Waals surface area contributed by atoms with E-state index in [2.05, 4.69) is 4.98 Å². The highest BCUT2D eigenvalue weighted by atomic mass is 32.2. The Labute approximate surface area is 183 Å². The minimum atomic E-state index is -3.60. The van der Waals surface area contributed by atoms with Crippen molar-refractivity contribution in [2.75, 3.05) is 26.2 Å². The Balaban J connectivity index is 1.49. The summed E-state index contributed by atoms with van der Waals surface area (Å²) in [5.41, 5.74) is 4.33. The molecule has 0 bridgehead atoms. The van der Waals surface area contributed by atoms with E-state index in [1.165, 1.54) is 4.31 Å². The Hall–Kier alpha value is -2.71. The summed E-state index contributed by atoms with van der Waals surface area (Å²) < 4.78 is 30.0. The molecule has 1 atom stereocenters. The third kappa shape index (κ3) is 3.85. The second kappa shape index (κ2) is 8.09. The number of para-hydroxylation sites is 2. The van der Waals surface area contributed by atoms with Crippen LogP contribution in [0.5, 0.6) is 0 Å². The molecule has 2 heterocycles. The molecule has 3 aromatic rings. The van der Waals surface area contributed by atoms with E-state index in [9.17, 15) is 13.2 Å². The van der Waals surface area contributed by atoms with Gasteiger partial charge in [-0.25, -0.2) is 13.4 Å². The Morgan fingerprint density at radius 3 is 2.26 bits per heavy atom. The van der Waals surface area contributed by atoms with E-state index in [4.69, 9.17) is 0 Å². The molecule has 0 N–H and O–H groups in total. The fourth-order valence-corrected chi connectivity index (χ4v) is 6.36. The van der Waals surface area contributed by atoms with Gasteiger partial charge in [0.05, 0.1) is 22.3 Å². The molecule has 8 heteroatoms. The smallest absolute Gasteiger partial charge is 0.245 e. The van der Waals surface area contributed by atoms with Gasteiger partial charge in [-0.2, -0.15) is 4.31 Å². The first-order valence-electron chi connectivity index (χ1n) is 10.5. The molecule has 1 amide bonds. The van der Waals surface area contributed by atoms with Crippen molar-refractivity contribution >= 4 is 27.0 Å². The van der Waals surface area contributed by atoms with E-state index in [1.807, 2.05) is 68.7 Å². The van der Waals surface area contributed by atoms with E-state index in [0.717, 1.165) is 27.7 Å². The lowest BCUT2D eigenvalue weighted by molar-refractivity contribution is -0.135. The van der Waals surface area contributed by atoms with Gasteiger partial charge >= 0.3 is 0 Å². The van der Waals surface area contributed by atoms with Gasteiger partial charge in [-0.1, -0.05) is 29.8 Å². The maximum Gasteiger partial charge on any atom is 0.245 e. The summed E-state index contributed by atoms with van der Waals surface area (Å²) in [6.45, 7) is 8.83. The number of rotatable bonds is 4. The predicted molar refractivity (Wildman–Crippen MR) is 120 cm³/mol. The van der Waals surface area contributed by atoms with Crippen LogP contribution < -0.4 is 0 Å². The first kappa shape index (κ1) is 21.5. The topological polar surface area (TPSA) is 75.5 Å². The van der Waals surface area contributed by atoms with Crippen molar-refractivity contribution in [1.29, 1.82) is 0 Å². The molecule has 1 aliphatic heterocycles. The second-order valence-corrected chi connectivity index (χ2v) is 10.1. The molecular weight excluding hydrogens is 412 g/mol. The molecule has 0 radical (unpaired) electrons. The van der Waals surface area contributed by atoms with Crippen molar-refractivity contribution in [3.05, 3.63) is 59.4 Å². The number of amides is 1. The Bertz CT molecular complexity index is 1220. The van der Waals surface area contributed by atoms with Crippen molar-refractivity contribution < 1.29 is 13.2 Å². The molecule has 164 valence electrons. The number of carbonyl (C=O) groups is 1. The van der Waals surface area contributed by atoms with E-state index >= 15 is 0 Å². The molecule has 1 aliphatic rings. The summed E-state index contributed by atoms with van der Waals surface area (Å²) in [4.78, 5) is 19.6.